The summed E-state index contributed by atoms with van der Waals surface area (Å²) in [4.78, 5) is 39.8. The predicted octanol–water partition coefficient (Wildman–Crippen LogP) is 0.0321. The Balaban J connectivity index is 2.81. The number of hydrogen-bond acceptors (Lipinski definition) is 7. The fraction of sp³-hybridized carbons (Fsp3) is 0.364. The zero-order valence-electron chi connectivity index (χ0n) is 12.2. The SMILES string of the molecule is COc1ccc(COC(=O)C(N[N+](=O)[O-])P(=O)(O)O)cc1OC. The van der Waals surface area contributed by atoms with Gasteiger partial charge in [-0.2, -0.15) is 0 Å². The Morgan fingerprint density at radius 1 is 1.35 bits per heavy atom. The minimum atomic E-state index is -5.11. The van der Waals surface area contributed by atoms with Crippen molar-refractivity contribution in [1.29, 1.82) is 0 Å². The number of rotatable bonds is 8. The van der Waals surface area contributed by atoms with Crippen molar-refractivity contribution in [3.63, 3.8) is 0 Å². The Hall–Kier alpha value is -2.36. The van der Waals surface area contributed by atoms with E-state index < -0.39 is 24.4 Å². The van der Waals surface area contributed by atoms with E-state index in [-0.39, 0.29) is 6.61 Å². The molecule has 1 aromatic carbocycles. The van der Waals surface area contributed by atoms with Crippen molar-refractivity contribution >= 4 is 13.6 Å². The molecule has 0 amide bonds. The molecule has 1 aromatic rings. The minimum Gasteiger partial charge on any atom is -0.493 e. The molecule has 128 valence electrons. The Labute approximate surface area is 130 Å². The summed E-state index contributed by atoms with van der Waals surface area (Å²) < 4.78 is 25.9. The maximum absolute atomic E-state index is 11.6. The smallest absolute Gasteiger partial charge is 0.365 e. The van der Waals surface area contributed by atoms with E-state index in [0.717, 1.165) is 0 Å². The monoisotopic (exact) mass is 350 g/mol. The van der Waals surface area contributed by atoms with Crippen molar-refractivity contribution in [3.8, 4) is 11.5 Å². The summed E-state index contributed by atoms with van der Waals surface area (Å²) in [6, 6.07) is 4.55. The van der Waals surface area contributed by atoms with Crippen LogP contribution in [0.4, 0.5) is 0 Å². The topological polar surface area (TPSA) is 157 Å². The van der Waals surface area contributed by atoms with E-state index in [1.165, 1.54) is 37.8 Å². The third kappa shape index (κ3) is 5.40. The van der Waals surface area contributed by atoms with E-state index >= 15 is 0 Å². The molecular weight excluding hydrogens is 335 g/mol. The Kier molecular flexibility index (Phi) is 6.31. The number of hydrogen-bond donors (Lipinski definition) is 3. The third-order valence-electron chi connectivity index (χ3n) is 2.62. The van der Waals surface area contributed by atoms with Crippen LogP contribution in [0.2, 0.25) is 0 Å². The molecule has 0 aliphatic carbocycles. The molecule has 12 heteroatoms. The van der Waals surface area contributed by atoms with Crippen molar-refractivity contribution < 1.29 is 38.4 Å². The Morgan fingerprint density at radius 2 is 1.96 bits per heavy atom. The molecule has 0 saturated heterocycles. The van der Waals surface area contributed by atoms with Gasteiger partial charge < -0.3 is 24.0 Å². The van der Waals surface area contributed by atoms with Crippen LogP contribution in [-0.4, -0.2) is 40.8 Å². The van der Waals surface area contributed by atoms with Crippen LogP contribution in [0.5, 0.6) is 11.5 Å². The highest BCUT2D eigenvalue weighted by Gasteiger charge is 2.41. The number of ether oxygens (including phenoxy) is 3. The van der Waals surface area contributed by atoms with Gasteiger partial charge in [0.1, 0.15) is 6.61 Å². The quantitative estimate of drug-likeness (QED) is 0.253. The second kappa shape index (κ2) is 7.77. The number of carbonyl (C=O) groups excluding carboxylic acids is 1. The number of nitro groups is 1. The van der Waals surface area contributed by atoms with Gasteiger partial charge in [-0.15, -0.1) is 5.43 Å². The van der Waals surface area contributed by atoms with E-state index in [2.05, 4.69) is 0 Å². The molecule has 0 heterocycles. The van der Waals surface area contributed by atoms with Gasteiger partial charge in [0.2, 0.25) is 0 Å². The normalized spacial score (nSPS) is 12.2. The molecule has 23 heavy (non-hydrogen) atoms. The number of carbonyl (C=O) groups is 1. The molecule has 0 spiro atoms. The molecule has 1 atom stereocenters. The molecule has 0 radical (unpaired) electrons. The van der Waals surface area contributed by atoms with Gasteiger partial charge in [0.15, 0.2) is 16.5 Å². The second-order valence-corrected chi connectivity index (χ2v) is 5.87. The molecule has 0 aromatic heterocycles. The van der Waals surface area contributed by atoms with Crippen molar-refractivity contribution in [2.24, 2.45) is 0 Å². The lowest BCUT2D eigenvalue weighted by molar-refractivity contribution is -0.545. The number of benzene rings is 1. The molecular formula is C11H15N2O9P. The minimum absolute atomic E-state index is 0.357. The average molecular weight is 350 g/mol. The number of esters is 1. The fourth-order valence-electron chi connectivity index (χ4n) is 1.57. The maximum Gasteiger partial charge on any atom is 0.365 e. The number of hydrazine groups is 1. The summed E-state index contributed by atoms with van der Waals surface area (Å²) in [5.74, 6) is -3.05. The second-order valence-electron chi connectivity index (χ2n) is 4.17. The van der Waals surface area contributed by atoms with Crippen molar-refractivity contribution in [2.45, 2.75) is 12.4 Å². The van der Waals surface area contributed by atoms with Gasteiger partial charge in [-0.3, -0.25) is 4.57 Å². The summed E-state index contributed by atoms with van der Waals surface area (Å²) >= 11 is 0. The molecule has 11 nitrogen and oxygen atoms in total. The van der Waals surface area contributed by atoms with Crippen LogP contribution >= 0.6 is 7.60 Å². The lowest BCUT2D eigenvalue weighted by Crippen LogP contribution is -2.41. The van der Waals surface area contributed by atoms with Gasteiger partial charge in [0.25, 0.3) is 5.78 Å². The Bertz CT molecular complexity index is 630. The van der Waals surface area contributed by atoms with Crippen molar-refractivity contribution in [2.75, 3.05) is 14.2 Å². The van der Waals surface area contributed by atoms with Gasteiger partial charge in [-0.05, 0) is 17.7 Å². The Morgan fingerprint density at radius 3 is 2.43 bits per heavy atom. The highest BCUT2D eigenvalue weighted by atomic mass is 31.2. The molecule has 1 rings (SSSR count). The zero-order valence-corrected chi connectivity index (χ0v) is 13.1. The molecule has 3 N–H and O–H groups in total. The van der Waals surface area contributed by atoms with Crippen LogP contribution in [0.1, 0.15) is 5.56 Å². The van der Waals surface area contributed by atoms with Crippen LogP contribution in [0.25, 0.3) is 0 Å². The number of nitrogens with zero attached hydrogens (tertiary/aromatic N) is 1. The maximum atomic E-state index is 11.6. The molecule has 1 unspecified atom stereocenters. The molecule has 0 bridgehead atoms. The van der Waals surface area contributed by atoms with Gasteiger partial charge in [0.05, 0.1) is 14.2 Å². The molecule has 0 aliphatic rings. The third-order valence-corrected chi connectivity index (χ3v) is 3.62. The average Bonchev–Trinajstić information content (AvgIpc) is 2.48. The number of methoxy groups -OCH3 is 2. The van der Waals surface area contributed by atoms with E-state index in [0.29, 0.717) is 17.1 Å². The van der Waals surface area contributed by atoms with E-state index in [1.54, 1.807) is 0 Å². The van der Waals surface area contributed by atoms with Gasteiger partial charge in [-0.1, -0.05) is 6.07 Å². The first kappa shape index (κ1) is 18.7. The van der Waals surface area contributed by atoms with E-state index in [9.17, 15) is 19.5 Å². The predicted molar refractivity (Wildman–Crippen MR) is 75.3 cm³/mol. The zero-order chi connectivity index (χ0) is 17.6. The van der Waals surface area contributed by atoms with Crippen LogP contribution in [-0.2, 0) is 20.7 Å². The standard InChI is InChI=1S/C11H15N2O9P/c1-20-8-4-3-7(5-9(8)21-2)6-22-11(14)10(12-13(15)16)23(17,18)19/h3-5,10,12H,6H2,1-2H3,(H2,17,18,19). The molecule has 0 fully saturated rings. The summed E-state index contributed by atoms with van der Waals surface area (Å²) in [5, 5.41) is 9.07. The summed E-state index contributed by atoms with van der Waals surface area (Å²) in [5.41, 5.74) is 1.67. The van der Waals surface area contributed by atoms with Crippen LogP contribution in [0.3, 0.4) is 0 Å². The highest BCUT2D eigenvalue weighted by Crippen LogP contribution is 2.40. The van der Waals surface area contributed by atoms with Crippen LogP contribution in [0.15, 0.2) is 18.2 Å². The first-order chi connectivity index (χ1) is 10.7. The van der Waals surface area contributed by atoms with Crippen LogP contribution < -0.4 is 14.9 Å². The van der Waals surface area contributed by atoms with E-state index in [4.69, 9.17) is 24.0 Å². The summed E-state index contributed by atoms with van der Waals surface area (Å²) in [7, 11) is -2.27. The van der Waals surface area contributed by atoms with E-state index in [1.807, 2.05) is 0 Å². The summed E-state index contributed by atoms with van der Waals surface area (Å²) in [6.07, 6.45) is 0. The molecule has 0 aliphatic heterocycles. The lowest BCUT2D eigenvalue weighted by atomic mass is 10.2. The largest absolute Gasteiger partial charge is 0.493 e. The summed E-state index contributed by atoms with van der Waals surface area (Å²) in [6.45, 7) is -0.366. The fourth-order valence-corrected chi connectivity index (χ4v) is 2.16. The highest BCUT2D eigenvalue weighted by molar-refractivity contribution is 7.53. The number of nitrogens with one attached hydrogen (secondary N) is 1. The van der Waals surface area contributed by atoms with Gasteiger partial charge in [-0.25, -0.2) is 14.9 Å². The first-order valence-corrected chi connectivity index (χ1v) is 7.70. The lowest BCUT2D eigenvalue weighted by Gasteiger charge is -2.15. The van der Waals surface area contributed by atoms with Gasteiger partial charge >= 0.3 is 13.6 Å². The van der Waals surface area contributed by atoms with Crippen molar-refractivity contribution in [3.05, 3.63) is 33.9 Å². The first-order valence-electron chi connectivity index (χ1n) is 6.02. The molecule has 0 saturated carbocycles. The van der Waals surface area contributed by atoms with Crippen LogP contribution in [0, 0.1) is 10.1 Å². The van der Waals surface area contributed by atoms with Crippen molar-refractivity contribution in [1.82, 2.24) is 5.43 Å². The van der Waals surface area contributed by atoms with Gasteiger partial charge in [0, 0.05) is 0 Å².